The number of nitrogens with zero attached hydrogens (tertiary/aromatic N) is 1. The van der Waals surface area contributed by atoms with Gasteiger partial charge in [-0.05, 0) is 43.1 Å². The summed E-state index contributed by atoms with van der Waals surface area (Å²) in [5.41, 5.74) is 1.11. The lowest BCUT2D eigenvalue weighted by Crippen LogP contribution is -2.43. The Labute approximate surface area is 119 Å². The molecule has 1 aliphatic heterocycles. The van der Waals surface area contributed by atoms with E-state index in [1.165, 1.54) is 0 Å². The van der Waals surface area contributed by atoms with E-state index < -0.39 is 0 Å². The first-order valence-corrected chi connectivity index (χ1v) is 6.96. The number of hydrogen-bond donors (Lipinski definition) is 1. The quantitative estimate of drug-likeness (QED) is 0.846. The zero-order valence-electron chi connectivity index (χ0n) is 12.0. The van der Waals surface area contributed by atoms with Crippen molar-refractivity contribution in [2.45, 2.75) is 19.3 Å². The second kappa shape index (κ2) is 6.72. The van der Waals surface area contributed by atoms with E-state index in [1.807, 2.05) is 24.3 Å². The SMILES string of the molecule is CCN1CCC(c2cccc(OC)c2)C(C(=O)ON)C1. The Morgan fingerprint density at radius 3 is 2.95 bits per heavy atom. The highest BCUT2D eigenvalue weighted by Crippen LogP contribution is 2.35. The van der Waals surface area contributed by atoms with Crippen LogP contribution in [0.5, 0.6) is 5.75 Å². The number of likely N-dealkylation sites (tertiary alicyclic amines) is 1. The molecule has 2 unspecified atom stereocenters. The van der Waals surface area contributed by atoms with Crippen molar-refractivity contribution in [2.24, 2.45) is 11.8 Å². The minimum Gasteiger partial charge on any atom is -0.497 e. The number of methoxy groups -OCH3 is 1. The molecule has 0 aliphatic carbocycles. The molecule has 110 valence electrons. The summed E-state index contributed by atoms with van der Waals surface area (Å²) in [7, 11) is 1.64. The third-order valence-electron chi connectivity index (χ3n) is 4.08. The van der Waals surface area contributed by atoms with Gasteiger partial charge in [0.05, 0.1) is 13.0 Å². The van der Waals surface area contributed by atoms with Gasteiger partial charge in [-0.1, -0.05) is 19.1 Å². The number of benzene rings is 1. The molecule has 20 heavy (non-hydrogen) atoms. The Morgan fingerprint density at radius 1 is 1.50 bits per heavy atom. The maximum atomic E-state index is 12.0. The zero-order chi connectivity index (χ0) is 14.5. The molecule has 0 saturated carbocycles. The fraction of sp³-hybridized carbons (Fsp3) is 0.533. The number of ether oxygens (including phenoxy) is 1. The Morgan fingerprint density at radius 2 is 2.30 bits per heavy atom. The van der Waals surface area contributed by atoms with Crippen molar-refractivity contribution in [3.8, 4) is 5.75 Å². The van der Waals surface area contributed by atoms with E-state index in [-0.39, 0.29) is 17.8 Å². The van der Waals surface area contributed by atoms with Crippen molar-refractivity contribution in [1.29, 1.82) is 0 Å². The lowest BCUT2D eigenvalue weighted by Gasteiger charge is -2.36. The van der Waals surface area contributed by atoms with Crippen molar-refractivity contribution < 1.29 is 14.4 Å². The van der Waals surface area contributed by atoms with Crippen LogP contribution in [0.2, 0.25) is 0 Å². The van der Waals surface area contributed by atoms with Crippen LogP contribution in [0.25, 0.3) is 0 Å². The zero-order valence-corrected chi connectivity index (χ0v) is 12.0. The summed E-state index contributed by atoms with van der Waals surface area (Å²) in [5.74, 6) is 5.47. The highest BCUT2D eigenvalue weighted by Gasteiger charge is 2.36. The predicted molar refractivity (Wildman–Crippen MR) is 76.2 cm³/mol. The van der Waals surface area contributed by atoms with Crippen molar-refractivity contribution >= 4 is 5.97 Å². The average Bonchev–Trinajstić information content (AvgIpc) is 2.53. The second-order valence-electron chi connectivity index (χ2n) is 5.11. The maximum absolute atomic E-state index is 12.0. The molecule has 0 radical (unpaired) electrons. The van der Waals surface area contributed by atoms with Gasteiger partial charge in [-0.3, -0.25) is 4.79 Å². The largest absolute Gasteiger partial charge is 0.497 e. The van der Waals surface area contributed by atoms with Gasteiger partial charge in [-0.15, -0.1) is 0 Å². The predicted octanol–water partition coefficient (Wildman–Crippen LogP) is 1.54. The number of nitrogens with two attached hydrogens (primary N) is 1. The number of carbonyl (C=O) groups is 1. The molecule has 0 amide bonds. The first-order valence-electron chi connectivity index (χ1n) is 6.96. The van der Waals surface area contributed by atoms with Crippen molar-refractivity contribution in [3.63, 3.8) is 0 Å². The third-order valence-corrected chi connectivity index (χ3v) is 4.08. The van der Waals surface area contributed by atoms with Crippen molar-refractivity contribution in [1.82, 2.24) is 4.90 Å². The van der Waals surface area contributed by atoms with Crippen LogP contribution in [0.3, 0.4) is 0 Å². The molecule has 1 aromatic carbocycles. The average molecular weight is 278 g/mol. The van der Waals surface area contributed by atoms with Gasteiger partial charge in [-0.2, -0.15) is 5.90 Å². The van der Waals surface area contributed by atoms with Crippen LogP contribution in [0, 0.1) is 5.92 Å². The monoisotopic (exact) mass is 278 g/mol. The van der Waals surface area contributed by atoms with Gasteiger partial charge in [0.25, 0.3) is 0 Å². The standard InChI is InChI=1S/C15H22N2O3/c1-3-17-8-7-13(14(10-17)15(18)20-16)11-5-4-6-12(9-11)19-2/h4-6,9,13-14H,3,7-8,10,16H2,1-2H3. The summed E-state index contributed by atoms with van der Waals surface area (Å²) < 4.78 is 5.26. The van der Waals surface area contributed by atoms with E-state index >= 15 is 0 Å². The highest BCUT2D eigenvalue weighted by atomic mass is 16.7. The van der Waals surface area contributed by atoms with E-state index in [1.54, 1.807) is 7.11 Å². The first-order chi connectivity index (χ1) is 9.69. The first kappa shape index (κ1) is 14.8. The molecule has 1 heterocycles. The van der Waals surface area contributed by atoms with Crippen LogP contribution in [0.15, 0.2) is 24.3 Å². The van der Waals surface area contributed by atoms with Gasteiger partial charge < -0.3 is 14.5 Å². The molecular formula is C15H22N2O3. The molecule has 0 spiro atoms. The molecule has 1 fully saturated rings. The summed E-state index contributed by atoms with van der Waals surface area (Å²) in [6, 6.07) is 7.88. The number of rotatable bonds is 4. The maximum Gasteiger partial charge on any atom is 0.329 e. The van der Waals surface area contributed by atoms with E-state index in [2.05, 4.69) is 16.7 Å². The fourth-order valence-electron chi connectivity index (χ4n) is 2.90. The molecule has 1 saturated heterocycles. The normalized spacial score (nSPS) is 23.4. The van der Waals surface area contributed by atoms with E-state index in [4.69, 9.17) is 10.6 Å². The topological polar surface area (TPSA) is 64.8 Å². The van der Waals surface area contributed by atoms with Crippen LogP contribution >= 0.6 is 0 Å². The molecule has 0 bridgehead atoms. The summed E-state index contributed by atoms with van der Waals surface area (Å²) in [5, 5.41) is 0. The van der Waals surface area contributed by atoms with Crippen LogP contribution in [0.4, 0.5) is 0 Å². The van der Waals surface area contributed by atoms with Crippen LogP contribution < -0.4 is 10.6 Å². The molecule has 2 N–H and O–H groups in total. The Bertz CT molecular complexity index is 464. The van der Waals surface area contributed by atoms with E-state index in [9.17, 15) is 4.79 Å². The number of piperidine rings is 1. The number of hydrogen-bond acceptors (Lipinski definition) is 5. The van der Waals surface area contributed by atoms with Gasteiger partial charge in [0.2, 0.25) is 0 Å². The summed E-state index contributed by atoms with van der Waals surface area (Å²) >= 11 is 0. The van der Waals surface area contributed by atoms with E-state index in [0.717, 1.165) is 30.8 Å². The van der Waals surface area contributed by atoms with Gasteiger partial charge in [-0.25, -0.2) is 0 Å². The summed E-state index contributed by atoms with van der Waals surface area (Å²) in [6.45, 7) is 4.69. The molecule has 1 aromatic rings. The summed E-state index contributed by atoms with van der Waals surface area (Å²) in [4.78, 5) is 18.7. The minimum absolute atomic E-state index is 0.129. The lowest BCUT2D eigenvalue weighted by molar-refractivity contribution is -0.151. The highest BCUT2D eigenvalue weighted by molar-refractivity contribution is 5.74. The van der Waals surface area contributed by atoms with Gasteiger partial charge in [0, 0.05) is 6.54 Å². The Hall–Kier alpha value is -1.59. The van der Waals surface area contributed by atoms with E-state index in [0.29, 0.717) is 6.54 Å². The minimum atomic E-state index is -0.337. The number of carbonyl (C=O) groups excluding carboxylic acids is 1. The Balaban J connectivity index is 2.24. The molecule has 5 nitrogen and oxygen atoms in total. The van der Waals surface area contributed by atoms with Crippen LogP contribution in [0.1, 0.15) is 24.8 Å². The van der Waals surface area contributed by atoms with Gasteiger partial charge in [0.15, 0.2) is 0 Å². The smallest absolute Gasteiger partial charge is 0.329 e. The second-order valence-corrected chi connectivity index (χ2v) is 5.11. The van der Waals surface area contributed by atoms with Crippen LogP contribution in [-0.4, -0.2) is 37.6 Å². The summed E-state index contributed by atoms with van der Waals surface area (Å²) in [6.07, 6.45) is 0.917. The third kappa shape index (κ3) is 3.11. The van der Waals surface area contributed by atoms with Gasteiger partial charge >= 0.3 is 5.97 Å². The molecule has 0 aromatic heterocycles. The molecule has 5 heteroatoms. The Kier molecular flexibility index (Phi) is 4.98. The molecule has 2 rings (SSSR count). The van der Waals surface area contributed by atoms with Crippen LogP contribution in [-0.2, 0) is 9.63 Å². The lowest BCUT2D eigenvalue weighted by atomic mass is 9.80. The van der Waals surface area contributed by atoms with Crippen molar-refractivity contribution in [2.75, 3.05) is 26.7 Å². The fourth-order valence-corrected chi connectivity index (χ4v) is 2.90. The molecular weight excluding hydrogens is 256 g/mol. The molecule has 1 aliphatic rings. The molecule has 2 atom stereocenters. The van der Waals surface area contributed by atoms with Gasteiger partial charge in [0.1, 0.15) is 5.75 Å². The van der Waals surface area contributed by atoms with Crippen molar-refractivity contribution in [3.05, 3.63) is 29.8 Å².